The van der Waals surface area contributed by atoms with E-state index in [1.54, 1.807) is 32.2 Å². The van der Waals surface area contributed by atoms with Gasteiger partial charge in [0.25, 0.3) is 11.8 Å². The van der Waals surface area contributed by atoms with Crippen molar-refractivity contribution in [3.05, 3.63) is 40.5 Å². The third kappa shape index (κ3) is 4.42. The molecule has 1 aromatic carbocycles. The van der Waals surface area contributed by atoms with Gasteiger partial charge in [0.2, 0.25) is 0 Å². The van der Waals surface area contributed by atoms with Crippen LogP contribution in [-0.4, -0.2) is 37.0 Å². The van der Waals surface area contributed by atoms with E-state index in [9.17, 15) is 14.9 Å². The zero-order chi connectivity index (χ0) is 20.7. The van der Waals surface area contributed by atoms with Gasteiger partial charge >= 0.3 is 0 Å². The Morgan fingerprint density at radius 3 is 2.50 bits per heavy atom. The van der Waals surface area contributed by atoms with Crippen LogP contribution in [0.4, 0.5) is 0 Å². The summed E-state index contributed by atoms with van der Waals surface area (Å²) < 4.78 is 11.1. The minimum absolute atomic E-state index is 0.00536. The molecule has 0 N–H and O–H groups in total. The molecule has 0 spiro atoms. The lowest BCUT2D eigenvalue weighted by molar-refractivity contribution is -0.140. The first kappa shape index (κ1) is 21.2. The number of carbonyl (C=O) groups is 2. The Kier molecular flexibility index (Phi) is 7.39. The van der Waals surface area contributed by atoms with Crippen LogP contribution in [0.25, 0.3) is 6.08 Å². The average molecular weight is 382 g/mol. The SMILES string of the molecule is CCCCOc1ccc(/C=C2/C(=O)N(CCC)C(=O)C(C#N)=C2C)cc1OC. The lowest BCUT2D eigenvalue weighted by Crippen LogP contribution is -2.43. The highest BCUT2D eigenvalue weighted by Gasteiger charge is 2.34. The van der Waals surface area contributed by atoms with Gasteiger partial charge < -0.3 is 9.47 Å². The van der Waals surface area contributed by atoms with Gasteiger partial charge in [0.15, 0.2) is 11.5 Å². The number of unbranched alkanes of at least 4 members (excludes halogenated alkanes) is 1. The largest absolute Gasteiger partial charge is 0.493 e. The summed E-state index contributed by atoms with van der Waals surface area (Å²) in [5.41, 5.74) is 1.47. The van der Waals surface area contributed by atoms with Gasteiger partial charge in [0.05, 0.1) is 13.7 Å². The highest BCUT2D eigenvalue weighted by Crippen LogP contribution is 2.31. The molecule has 0 atom stereocenters. The lowest BCUT2D eigenvalue weighted by Gasteiger charge is -2.27. The van der Waals surface area contributed by atoms with Crippen LogP contribution in [0, 0.1) is 11.3 Å². The van der Waals surface area contributed by atoms with Crippen molar-refractivity contribution in [1.29, 1.82) is 5.26 Å². The van der Waals surface area contributed by atoms with Gasteiger partial charge in [-0.25, -0.2) is 0 Å². The second-order valence-electron chi connectivity index (χ2n) is 6.54. The molecule has 6 heteroatoms. The van der Waals surface area contributed by atoms with Gasteiger partial charge in [0.1, 0.15) is 11.6 Å². The highest BCUT2D eigenvalue weighted by atomic mass is 16.5. The molecule has 6 nitrogen and oxygen atoms in total. The molecule has 0 fully saturated rings. The zero-order valence-electron chi connectivity index (χ0n) is 16.9. The van der Waals surface area contributed by atoms with E-state index in [1.807, 2.05) is 19.1 Å². The minimum Gasteiger partial charge on any atom is -0.493 e. The van der Waals surface area contributed by atoms with E-state index in [-0.39, 0.29) is 18.0 Å². The van der Waals surface area contributed by atoms with Crippen molar-refractivity contribution in [2.75, 3.05) is 20.3 Å². The summed E-state index contributed by atoms with van der Waals surface area (Å²) in [5, 5.41) is 9.38. The van der Waals surface area contributed by atoms with E-state index in [1.165, 1.54) is 0 Å². The highest BCUT2D eigenvalue weighted by molar-refractivity contribution is 6.19. The van der Waals surface area contributed by atoms with Crippen LogP contribution >= 0.6 is 0 Å². The normalized spacial score (nSPS) is 15.8. The molecule has 0 radical (unpaired) electrons. The number of hydrogen-bond donors (Lipinski definition) is 0. The van der Waals surface area contributed by atoms with Gasteiger partial charge in [-0.2, -0.15) is 5.26 Å². The number of nitriles is 1. The molecule has 0 aromatic heterocycles. The Bertz CT molecular complexity index is 862. The fraction of sp³-hybridized carbons (Fsp3) is 0.409. The topological polar surface area (TPSA) is 79.6 Å². The van der Waals surface area contributed by atoms with Crippen molar-refractivity contribution < 1.29 is 19.1 Å². The van der Waals surface area contributed by atoms with Crippen LogP contribution in [0.5, 0.6) is 11.5 Å². The van der Waals surface area contributed by atoms with Crippen LogP contribution in [0.2, 0.25) is 0 Å². The molecule has 28 heavy (non-hydrogen) atoms. The molecular weight excluding hydrogens is 356 g/mol. The number of amides is 2. The van der Waals surface area contributed by atoms with Crippen molar-refractivity contribution in [3.63, 3.8) is 0 Å². The maximum absolute atomic E-state index is 12.8. The second kappa shape index (κ2) is 9.75. The first-order valence-corrected chi connectivity index (χ1v) is 9.48. The maximum atomic E-state index is 12.8. The van der Waals surface area contributed by atoms with E-state index in [0.717, 1.165) is 23.3 Å². The summed E-state index contributed by atoms with van der Waals surface area (Å²) in [7, 11) is 1.56. The molecule has 0 saturated carbocycles. The van der Waals surface area contributed by atoms with Gasteiger partial charge in [0, 0.05) is 12.1 Å². The number of rotatable bonds is 8. The second-order valence-corrected chi connectivity index (χ2v) is 6.54. The van der Waals surface area contributed by atoms with Gasteiger partial charge in [-0.3, -0.25) is 14.5 Å². The molecule has 148 valence electrons. The van der Waals surface area contributed by atoms with Crippen LogP contribution < -0.4 is 9.47 Å². The van der Waals surface area contributed by atoms with Gasteiger partial charge in [-0.05, 0) is 49.1 Å². The van der Waals surface area contributed by atoms with Crippen molar-refractivity contribution in [2.45, 2.75) is 40.0 Å². The molecule has 2 rings (SSSR count). The number of nitrogens with zero attached hydrogens (tertiary/aromatic N) is 2. The standard InChI is InChI=1S/C22H26N2O4/c1-5-7-11-28-19-9-8-16(13-20(19)27-4)12-17-15(3)18(14-23)22(26)24(10-6-2)21(17)25/h8-9,12-13H,5-7,10-11H2,1-4H3/b17-12+. The van der Waals surface area contributed by atoms with Crippen LogP contribution in [0.1, 0.15) is 45.6 Å². The molecule has 0 bridgehead atoms. The molecular formula is C22H26N2O4. The molecule has 1 aliphatic heterocycles. The Morgan fingerprint density at radius 2 is 1.89 bits per heavy atom. The number of ether oxygens (including phenoxy) is 2. The Balaban J connectivity index is 2.44. The summed E-state index contributed by atoms with van der Waals surface area (Å²) in [6.45, 7) is 6.48. The van der Waals surface area contributed by atoms with E-state index >= 15 is 0 Å². The quantitative estimate of drug-likeness (QED) is 0.387. The molecule has 0 saturated heterocycles. The van der Waals surface area contributed by atoms with Crippen LogP contribution in [0.15, 0.2) is 34.9 Å². The Morgan fingerprint density at radius 1 is 1.14 bits per heavy atom. The number of hydrogen-bond acceptors (Lipinski definition) is 5. The third-order valence-electron chi connectivity index (χ3n) is 4.53. The molecule has 0 unspecified atom stereocenters. The summed E-state index contributed by atoms with van der Waals surface area (Å²) in [4.78, 5) is 26.4. The summed E-state index contributed by atoms with van der Waals surface area (Å²) in [6.07, 6.45) is 4.29. The molecule has 1 aromatic rings. The molecule has 2 amide bonds. The Hall–Kier alpha value is -3.07. The van der Waals surface area contributed by atoms with E-state index in [2.05, 4.69) is 6.92 Å². The number of methoxy groups -OCH3 is 1. The van der Waals surface area contributed by atoms with E-state index < -0.39 is 5.91 Å². The molecule has 1 aliphatic rings. The summed E-state index contributed by atoms with van der Waals surface area (Å²) >= 11 is 0. The fourth-order valence-corrected chi connectivity index (χ4v) is 2.94. The van der Waals surface area contributed by atoms with Crippen molar-refractivity contribution >= 4 is 17.9 Å². The van der Waals surface area contributed by atoms with Crippen molar-refractivity contribution in [3.8, 4) is 17.6 Å². The number of benzene rings is 1. The summed E-state index contributed by atoms with van der Waals surface area (Å²) in [6, 6.07) is 7.34. The van der Waals surface area contributed by atoms with Gasteiger partial charge in [-0.15, -0.1) is 0 Å². The van der Waals surface area contributed by atoms with Crippen LogP contribution in [-0.2, 0) is 9.59 Å². The summed E-state index contributed by atoms with van der Waals surface area (Å²) in [5.74, 6) is 0.296. The number of imide groups is 1. The first-order chi connectivity index (χ1) is 13.5. The minimum atomic E-state index is -0.527. The maximum Gasteiger partial charge on any atom is 0.271 e. The molecule has 1 heterocycles. The number of carbonyl (C=O) groups excluding carboxylic acids is 2. The third-order valence-corrected chi connectivity index (χ3v) is 4.53. The molecule has 0 aliphatic carbocycles. The van der Waals surface area contributed by atoms with Crippen molar-refractivity contribution in [2.24, 2.45) is 0 Å². The smallest absolute Gasteiger partial charge is 0.271 e. The van der Waals surface area contributed by atoms with Crippen LogP contribution in [0.3, 0.4) is 0 Å². The predicted octanol–water partition coefficient (Wildman–Crippen LogP) is 3.88. The zero-order valence-corrected chi connectivity index (χ0v) is 16.9. The Labute approximate surface area is 166 Å². The van der Waals surface area contributed by atoms with Gasteiger partial charge in [-0.1, -0.05) is 26.3 Å². The predicted molar refractivity (Wildman–Crippen MR) is 107 cm³/mol. The fourth-order valence-electron chi connectivity index (χ4n) is 2.94. The van der Waals surface area contributed by atoms with Crippen molar-refractivity contribution in [1.82, 2.24) is 4.90 Å². The lowest BCUT2D eigenvalue weighted by atomic mass is 9.93. The monoisotopic (exact) mass is 382 g/mol. The van der Waals surface area contributed by atoms with E-state index in [0.29, 0.717) is 35.7 Å². The first-order valence-electron chi connectivity index (χ1n) is 9.48. The van der Waals surface area contributed by atoms with E-state index in [4.69, 9.17) is 9.47 Å². The average Bonchev–Trinajstić information content (AvgIpc) is 2.69.